The van der Waals surface area contributed by atoms with Crippen molar-refractivity contribution in [3.8, 4) is 5.75 Å². The third kappa shape index (κ3) is 18.2. The number of hydrogen-bond acceptors (Lipinski definition) is 9. The summed E-state index contributed by atoms with van der Waals surface area (Å²) >= 11 is 6.08. The molecule has 15 heteroatoms. The van der Waals surface area contributed by atoms with Gasteiger partial charge in [0, 0.05) is 55.7 Å². The number of likely N-dealkylation sites (N-methyl/N-ethyl adjacent to an activating group) is 1. The zero-order valence-corrected chi connectivity index (χ0v) is 39.9. The fourth-order valence-corrected chi connectivity index (χ4v) is 6.49. The van der Waals surface area contributed by atoms with Gasteiger partial charge >= 0.3 is 35.5 Å². The van der Waals surface area contributed by atoms with Gasteiger partial charge in [0.25, 0.3) is 0 Å². The van der Waals surface area contributed by atoms with Gasteiger partial charge in [-0.3, -0.25) is 9.80 Å². The van der Waals surface area contributed by atoms with Crippen molar-refractivity contribution in [1.29, 1.82) is 0 Å². The zero-order valence-electron chi connectivity index (χ0n) is 34.7. The summed E-state index contributed by atoms with van der Waals surface area (Å²) < 4.78 is 10.3. The number of aliphatic hydroxyl groups excluding tert-OH is 1. The minimum absolute atomic E-state index is 0. The number of rotatable bonds is 14. The maximum Gasteiger partial charge on any atom is 1.00 e. The molecule has 0 aromatic heterocycles. The van der Waals surface area contributed by atoms with Crippen LogP contribution < -0.4 is 44.7 Å². The number of aliphatic carboxylic acids is 2. The number of nitrogens with one attached hydrogen (secondary N) is 1. The summed E-state index contributed by atoms with van der Waals surface area (Å²) in [4.78, 5) is 26.1. The second-order valence-electron chi connectivity index (χ2n) is 13.6. The van der Waals surface area contributed by atoms with Gasteiger partial charge in [0.1, 0.15) is 12.4 Å². The van der Waals surface area contributed by atoms with Crippen molar-refractivity contribution in [3.63, 3.8) is 0 Å². The molecule has 5 aromatic rings. The van der Waals surface area contributed by atoms with E-state index in [1.54, 1.807) is 14.0 Å². The second kappa shape index (κ2) is 30.2. The number of aliphatic hydroxyl groups is 1. The third-order valence-corrected chi connectivity index (χ3v) is 10.1. The van der Waals surface area contributed by atoms with Crippen LogP contribution in [0.5, 0.6) is 5.75 Å². The number of halogens is 4. The molecule has 0 radical (unpaired) electrons. The summed E-state index contributed by atoms with van der Waals surface area (Å²) in [5.74, 6) is -1.79. The number of carbonyl (C=O) groups excluding carboxylic acids is 1. The average molecular weight is 916 g/mol. The Hall–Kier alpha value is -2.94. The molecule has 3 N–H and O–H groups in total. The van der Waals surface area contributed by atoms with E-state index in [0.29, 0.717) is 6.61 Å². The van der Waals surface area contributed by atoms with E-state index in [2.05, 4.69) is 51.5 Å². The minimum atomic E-state index is -1.06. The van der Waals surface area contributed by atoms with E-state index in [4.69, 9.17) is 26.2 Å². The van der Waals surface area contributed by atoms with E-state index < -0.39 is 24.0 Å². The first-order chi connectivity index (χ1) is 27.0. The molecule has 0 aliphatic carbocycles. The Morgan fingerprint density at radius 1 is 0.767 bits per heavy atom. The van der Waals surface area contributed by atoms with Crippen LogP contribution in [0.15, 0.2) is 121 Å². The van der Waals surface area contributed by atoms with E-state index >= 15 is 0 Å². The Bertz CT molecular complexity index is 1940. The molecule has 1 heterocycles. The van der Waals surface area contributed by atoms with Crippen LogP contribution in [0.25, 0.3) is 10.8 Å². The van der Waals surface area contributed by atoms with Crippen molar-refractivity contribution in [3.05, 3.63) is 149 Å². The molecule has 1 aliphatic heterocycles. The van der Waals surface area contributed by atoms with E-state index in [0.717, 1.165) is 65.4 Å². The van der Waals surface area contributed by atoms with Gasteiger partial charge in [-0.1, -0.05) is 116 Å². The van der Waals surface area contributed by atoms with Crippen molar-refractivity contribution in [1.82, 2.24) is 15.1 Å². The summed E-state index contributed by atoms with van der Waals surface area (Å²) in [6.45, 7) is 8.33. The maximum absolute atomic E-state index is 10.8. The summed E-state index contributed by atoms with van der Waals surface area (Å²) in [5, 5.41) is 34.9. The fourth-order valence-electron chi connectivity index (χ4n) is 6.36. The van der Waals surface area contributed by atoms with Crippen LogP contribution in [0.3, 0.4) is 0 Å². The zero-order chi connectivity index (χ0) is 40.5. The molecule has 1 aliphatic rings. The Labute approximate surface area is 400 Å². The number of ether oxygens (including phenoxy) is 2. The predicted molar refractivity (Wildman–Crippen MR) is 242 cm³/mol. The van der Waals surface area contributed by atoms with Gasteiger partial charge in [-0.25, -0.2) is 4.79 Å². The van der Waals surface area contributed by atoms with Gasteiger partial charge in [-0.05, 0) is 71.3 Å². The van der Waals surface area contributed by atoms with Crippen molar-refractivity contribution in [2.75, 3.05) is 60.1 Å². The van der Waals surface area contributed by atoms with Crippen molar-refractivity contribution in [2.24, 2.45) is 0 Å². The normalized spacial score (nSPS) is 14.2. The van der Waals surface area contributed by atoms with E-state index in [9.17, 15) is 19.8 Å². The third-order valence-electron chi connectivity index (χ3n) is 9.85. The first kappa shape index (κ1) is 57.1. The van der Waals surface area contributed by atoms with Gasteiger partial charge < -0.3 is 34.9 Å². The van der Waals surface area contributed by atoms with E-state index in [-0.39, 0.29) is 85.5 Å². The molecule has 0 spiro atoms. The molecule has 1 unspecified atom stereocenters. The van der Waals surface area contributed by atoms with Crippen molar-refractivity contribution in [2.45, 2.75) is 38.0 Å². The van der Waals surface area contributed by atoms with E-state index in [1.165, 1.54) is 11.1 Å². The molecular formula is C45H56Cl4N3NaO7. The molecule has 4 atom stereocenters. The topological polar surface area (TPSA) is 135 Å². The van der Waals surface area contributed by atoms with Gasteiger partial charge in [-0.15, -0.1) is 37.2 Å². The number of carbonyl (C=O) groups is 2. The largest absolute Gasteiger partial charge is 1.00 e. The standard InChI is InChI=1S/C21H25ClN2O3.C14H14O3.C10H15NO.3ClH.Na/c22-19-8-6-18(7-9-19)21(17-4-2-1-3-5-17)24-12-10-23(11-13-24)14-15-27-16-20(25)26;1-9(14(15)16)10-3-4-12-8-13(17-2)6-5-11(12)7-10;1-8(11-2)10(12)9-6-4-3-5-7-9;;;;/h1-9,21H,10-16H2,(H,25,26);3-9H,1-2H3,(H,15,16);3-8,10-12H,1-2H3;3*1H;/q;;;;;;+1/p-1/t;9-;8-,10+;;;;/m.00..../s1. The van der Waals surface area contributed by atoms with Crippen LogP contribution in [0, 0.1) is 0 Å². The van der Waals surface area contributed by atoms with Crippen LogP contribution in [-0.4, -0.2) is 98.1 Å². The first-order valence-corrected chi connectivity index (χ1v) is 19.1. The molecule has 322 valence electrons. The van der Waals surface area contributed by atoms with Crippen LogP contribution in [0.2, 0.25) is 5.02 Å². The number of piperazine rings is 1. The summed E-state index contributed by atoms with van der Waals surface area (Å²) in [5.41, 5.74) is 4.23. The number of carboxylic acids is 2. The molecule has 10 nitrogen and oxygen atoms in total. The van der Waals surface area contributed by atoms with Gasteiger partial charge in [-0.2, -0.15) is 0 Å². The molecular weight excluding hydrogens is 859 g/mol. The van der Waals surface area contributed by atoms with Gasteiger partial charge in [0.05, 0.1) is 25.9 Å². The first-order valence-electron chi connectivity index (χ1n) is 18.8. The number of benzene rings is 5. The van der Waals surface area contributed by atoms with Crippen molar-refractivity contribution >= 4 is 71.5 Å². The number of methoxy groups -OCH3 is 1. The second-order valence-corrected chi connectivity index (χ2v) is 14.1. The molecule has 6 rings (SSSR count). The monoisotopic (exact) mass is 913 g/mol. The quantitative estimate of drug-likeness (QED) is 0.109. The molecule has 60 heavy (non-hydrogen) atoms. The summed E-state index contributed by atoms with van der Waals surface area (Å²) in [6.07, 6.45) is -0.420. The molecule has 0 saturated carbocycles. The predicted octanol–water partition coefficient (Wildman–Crippen LogP) is 4.45. The Morgan fingerprint density at radius 2 is 1.28 bits per heavy atom. The molecule has 1 fully saturated rings. The Morgan fingerprint density at radius 3 is 1.82 bits per heavy atom. The fraction of sp³-hybridized carbons (Fsp3) is 0.333. The SMILES string of the molecule is CN[C@@H](C)[C@@H](O)c1ccccc1.COc1ccc2cc([C@H](C)C(=O)[O-])ccc2c1.Cl.Cl.Cl.O=C(O)COCCN1CCN(C(c2ccccc2)c2ccc(Cl)cc2)CC1.[Na+]. The van der Waals surface area contributed by atoms with E-state index in [1.807, 2.05) is 98.9 Å². The van der Waals surface area contributed by atoms with Crippen LogP contribution in [0.1, 0.15) is 54.2 Å². The van der Waals surface area contributed by atoms with Crippen molar-refractivity contribution < 1.29 is 63.9 Å². The Kier molecular flexibility index (Phi) is 28.7. The molecule has 1 saturated heterocycles. The molecule has 0 amide bonds. The van der Waals surface area contributed by atoms with Crippen LogP contribution in [0.4, 0.5) is 0 Å². The molecule has 0 bridgehead atoms. The Balaban J connectivity index is 0.000000913. The minimum Gasteiger partial charge on any atom is -0.550 e. The number of nitrogens with zero attached hydrogens (tertiary/aromatic N) is 2. The van der Waals surface area contributed by atoms with Crippen LogP contribution >= 0.6 is 48.8 Å². The smallest absolute Gasteiger partial charge is 0.550 e. The van der Waals surface area contributed by atoms with Crippen LogP contribution in [-0.2, 0) is 14.3 Å². The number of fused-ring (bicyclic) bond motifs is 1. The summed E-state index contributed by atoms with van der Waals surface area (Å²) in [7, 11) is 3.46. The van der Waals surface area contributed by atoms with Gasteiger partial charge in [0.15, 0.2) is 0 Å². The average Bonchev–Trinajstić information content (AvgIpc) is 3.23. The van der Waals surface area contributed by atoms with Gasteiger partial charge in [0.2, 0.25) is 0 Å². The summed E-state index contributed by atoms with van der Waals surface area (Å²) in [6, 6.07) is 39.9. The number of carboxylic acid groups (broad SMARTS) is 2. The maximum atomic E-state index is 10.8. The number of hydrogen-bond donors (Lipinski definition) is 3. The molecule has 5 aromatic carbocycles.